The van der Waals surface area contributed by atoms with Crippen LogP contribution in [0.4, 0.5) is 4.39 Å². The molecule has 7 nitrogen and oxygen atoms in total. The van der Waals surface area contributed by atoms with E-state index < -0.39 is 27.7 Å². The van der Waals surface area contributed by atoms with Crippen LogP contribution >= 0.6 is 0 Å². The van der Waals surface area contributed by atoms with Gasteiger partial charge in [-0.2, -0.15) is 0 Å². The number of sulfonamides is 1. The fourth-order valence-corrected chi connectivity index (χ4v) is 3.25. The van der Waals surface area contributed by atoms with Gasteiger partial charge in [0.25, 0.3) is 5.91 Å². The lowest BCUT2D eigenvalue weighted by molar-refractivity contribution is 0.0695. The molecule has 1 aliphatic carbocycles. The molecule has 1 amide bonds. The van der Waals surface area contributed by atoms with E-state index in [1.807, 2.05) is 0 Å². The first kappa shape index (κ1) is 18.3. The smallest absolute Gasteiger partial charge is 0.335 e. The SMILES string of the molecule is O=C(O)c1ccc(C(=O)NCCS(=O)(=O)NCC2CCC2)c(F)c1. The van der Waals surface area contributed by atoms with Gasteiger partial charge in [-0.3, -0.25) is 4.79 Å². The minimum Gasteiger partial charge on any atom is -0.478 e. The fraction of sp³-hybridized carbons (Fsp3) is 0.467. The van der Waals surface area contributed by atoms with Crippen molar-refractivity contribution in [3.05, 3.63) is 35.1 Å². The Morgan fingerprint density at radius 3 is 2.54 bits per heavy atom. The molecule has 0 saturated heterocycles. The normalized spacial score (nSPS) is 14.9. The molecular formula is C15H19FN2O5S. The highest BCUT2D eigenvalue weighted by atomic mass is 32.2. The summed E-state index contributed by atoms with van der Waals surface area (Å²) < 4.78 is 39.8. The molecule has 0 aliphatic heterocycles. The van der Waals surface area contributed by atoms with Gasteiger partial charge >= 0.3 is 5.97 Å². The number of carboxylic acids is 1. The van der Waals surface area contributed by atoms with Crippen molar-refractivity contribution in [1.82, 2.24) is 10.0 Å². The molecular weight excluding hydrogens is 339 g/mol. The summed E-state index contributed by atoms with van der Waals surface area (Å²) in [5, 5.41) is 11.1. The summed E-state index contributed by atoms with van der Waals surface area (Å²) in [5.41, 5.74) is -0.605. The number of carbonyl (C=O) groups excluding carboxylic acids is 1. The number of halogens is 1. The second kappa shape index (κ2) is 7.71. The van der Waals surface area contributed by atoms with Crippen molar-refractivity contribution in [3.8, 4) is 0 Å². The Bertz CT molecular complexity index is 731. The van der Waals surface area contributed by atoms with Crippen LogP contribution in [0.3, 0.4) is 0 Å². The molecule has 0 aromatic heterocycles. The van der Waals surface area contributed by atoms with Gasteiger partial charge in [0.2, 0.25) is 10.0 Å². The van der Waals surface area contributed by atoms with Gasteiger partial charge in [0, 0.05) is 13.1 Å². The average molecular weight is 358 g/mol. The lowest BCUT2D eigenvalue weighted by Crippen LogP contribution is -2.37. The van der Waals surface area contributed by atoms with Crippen molar-refractivity contribution in [3.63, 3.8) is 0 Å². The van der Waals surface area contributed by atoms with Crippen molar-refractivity contribution in [2.75, 3.05) is 18.8 Å². The zero-order valence-electron chi connectivity index (χ0n) is 12.9. The predicted octanol–water partition coefficient (Wildman–Crippen LogP) is 0.973. The average Bonchev–Trinajstić information content (AvgIpc) is 2.44. The standard InChI is InChI=1S/C15H19FN2O5S/c16-13-8-11(15(20)21)4-5-12(13)14(19)17-6-7-24(22,23)18-9-10-2-1-3-10/h4-5,8,10,18H,1-3,6-7,9H2,(H,17,19)(H,20,21). The number of hydrogen-bond donors (Lipinski definition) is 3. The molecule has 0 spiro atoms. The lowest BCUT2D eigenvalue weighted by Gasteiger charge is -2.25. The van der Waals surface area contributed by atoms with E-state index in [-0.39, 0.29) is 23.4 Å². The van der Waals surface area contributed by atoms with E-state index in [1.54, 1.807) is 0 Å². The van der Waals surface area contributed by atoms with E-state index in [4.69, 9.17) is 5.11 Å². The molecule has 0 bridgehead atoms. The second-order valence-corrected chi connectivity index (χ2v) is 7.65. The number of benzene rings is 1. The number of aromatic carboxylic acids is 1. The van der Waals surface area contributed by atoms with E-state index in [0.717, 1.165) is 37.5 Å². The topological polar surface area (TPSA) is 113 Å². The molecule has 24 heavy (non-hydrogen) atoms. The highest BCUT2D eigenvalue weighted by Crippen LogP contribution is 2.25. The minimum atomic E-state index is -3.49. The first-order valence-corrected chi connectivity index (χ1v) is 9.22. The minimum absolute atomic E-state index is 0.168. The van der Waals surface area contributed by atoms with Crippen molar-refractivity contribution >= 4 is 21.9 Å². The zero-order valence-corrected chi connectivity index (χ0v) is 13.7. The molecule has 1 fully saturated rings. The quantitative estimate of drug-likeness (QED) is 0.641. The first-order valence-electron chi connectivity index (χ1n) is 7.57. The van der Waals surface area contributed by atoms with Crippen molar-refractivity contribution in [2.24, 2.45) is 5.92 Å². The third-order valence-corrected chi connectivity index (χ3v) is 5.28. The van der Waals surface area contributed by atoms with Gasteiger partial charge in [0.05, 0.1) is 16.9 Å². The van der Waals surface area contributed by atoms with Crippen molar-refractivity contribution < 1.29 is 27.5 Å². The molecule has 0 radical (unpaired) electrons. The number of carboxylic acid groups (broad SMARTS) is 1. The molecule has 1 saturated carbocycles. The first-order chi connectivity index (χ1) is 11.3. The molecule has 1 aromatic rings. The number of carbonyl (C=O) groups is 2. The zero-order chi connectivity index (χ0) is 17.7. The van der Waals surface area contributed by atoms with E-state index in [2.05, 4.69) is 10.0 Å². The molecule has 2 rings (SSSR count). The molecule has 1 aromatic carbocycles. The Labute approximate surface area is 139 Å². The van der Waals surface area contributed by atoms with E-state index in [0.29, 0.717) is 12.5 Å². The Morgan fingerprint density at radius 1 is 1.29 bits per heavy atom. The second-order valence-electron chi connectivity index (χ2n) is 5.72. The number of nitrogens with one attached hydrogen (secondary N) is 2. The number of rotatable bonds is 8. The van der Waals surface area contributed by atoms with E-state index in [9.17, 15) is 22.4 Å². The van der Waals surface area contributed by atoms with Gasteiger partial charge < -0.3 is 10.4 Å². The molecule has 132 valence electrons. The third-order valence-electron chi connectivity index (χ3n) is 3.93. The summed E-state index contributed by atoms with van der Waals surface area (Å²) in [6.07, 6.45) is 3.16. The number of hydrogen-bond acceptors (Lipinski definition) is 4. The largest absolute Gasteiger partial charge is 0.478 e. The van der Waals surface area contributed by atoms with Crippen molar-refractivity contribution in [1.29, 1.82) is 0 Å². The highest BCUT2D eigenvalue weighted by Gasteiger charge is 2.20. The molecule has 0 heterocycles. The Hall–Kier alpha value is -2.00. The molecule has 1 aliphatic rings. The van der Waals surface area contributed by atoms with Gasteiger partial charge in [0.1, 0.15) is 5.82 Å². The van der Waals surface area contributed by atoms with E-state index >= 15 is 0 Å². The van der Waals surface area contributed by atoms with Gasteiger partial charge in [-0.05, 0) is 37.0 Å². The van der Waals surface area contributed by atoms with Crippen LogP contribution in [0, 0.1) is 11.7 Å². The Kier molecular flexibility index (Phi) is 5.89. The van der Waals surface area contributed by atoms with E-state index in [1.165, 1.54) is 0 Å². The van der Waals surface area contributed by atoms with Crippen LogP contribution in [-0.2, 0) is 10.0 Å². The maximum Gasteiger partial charge on any atom is 0.335 e. The predicted molar refractivity (Wildman–Crippen MR) is 84.8 cm³/mol. The van der Waals surface area contributed by atoms with Crippen LogP contribution in [0.1, 0.15) is 40.0 Å². The van der Waals surface area contributed by atoms with Crippen LogP contribution < -0.4 is 10.0 Å². The molecule has 0 unspecified atom stereocenters. The van der Waals surface area contributed by atoms with Crippen LogP contribution in [0.25, 0.3) is 0 Å². The van der Waals surface area contributed by atoms with Crippen LogP contribution in [0.15, 0.2) is 18.2 Å². The monoisotopic (exact) mass is 358 g/mol. The molecule has 3 N–H and O–H groups in total. The van der Waals surface area contributed by atoms with Gasteiger partial charge in [0.15, 0.2) is 0 Å². The van der Waals surface area contributed by atoms with Gasteiger partial charge in [-0.25, -0.2) is 22.3 Å². The van der Waals surface area contributed by atoms with Crippen LogP contribution in [-0.4, -0.2) is 44.2 Å². The van der Waals surface area contributed by atoms with Gasteiger partial charge in [-0.15, -0.1) is 0 Å². The Balaban J connectivity index is 1.83. The third kappa shape index (κ3) is 5.00. The summed E-state index contributed by atoms with van der Waals surface area (Å²) in [6.45, 7) is 0.237. The van der Waals surface area contributed by atoms with Crippen LogP contribution in [0.2, 0.25) is 0 Å². The summed E-state index contributed by atoms with van der Waals surface area (Å²) in [7, 11) is -3.49. The van der Waals surface area contributed by atoms with Crippen molar-refractivity contribution in [2.45, 2.75) is 19.3 Å². The van der Waals surface area contributed by atoms with Gasteiger partial charge in [-0.1, -0.05) is 6.42 Å². The highest BCUT2D eigenvalue weighted by molar-refractivity contribution is 7.89. The van der Waals surface area contributed by atoms with Crippen LogP contribution in [0.5, 0.6) is 0 Å². The maximum absolute atomic E-state index is 13.7. The fourth-order valence-electron chi connectivity index (χ4n) is 2.24. The lowest BCUT2D eigenvalue weighted by atomic mass is 9.86. The summed E-state index contributed by atoms with van der Waals surface area (Å²) >= 11 is 0. The molecule has 9 heteroatoms. The summed E-state index contributed by atoms with van der Waals surface area (Å²) in [5.74, 6) is -2.99. The maximum atomic E-state index is 13.7. The Morgan fingerprint density at radius 2 is 2.00 bits per heavy atom. The summed E-state index contributed by atoms with van der Waals surface area (Å²) in [4.78, 5) is 22.6. The number of amides is 1. The summed E-state index contributed by atoms with van der Waals surface area (Å²) in [6, 6.07) is 2.91. The molecule has 0 atom stereocenters.